The summed E-state index contributed by atoms with van der Waals surface area (Å²) in [5.74, 6) is -2.04. The first kappa shape index (κ1) is 21.3. The van der Waals surface area contributed by atoms with E-state index in [-0.39, 0.29) is 11.6 Å². The van der Waals surface area contributed by atoms with Gasteiger partial charge in [0.1, 0.15) is 10.7 Å². The third-order valence-electron chi connectivity index (χ3n) is 4.64. The van der Waals surface area contributed by atoms with Crippen LogP contribution in [0.4, 0.5) is 23.2 Å². The third kappa shape index (κ3) is 4.94. The lowest BCUT2D eigenvalue weighted by molar-refractivity contribution is -0.136. The van der Waals surface area contributed by atoms with E-state index in [0.717, 1.165) is 43.2 Å². The number of anilines is 1. The fourth-order valence-corrected chi connectivity index (χ4v) is 4.62. The summed E-state index contributed by atoms with van der Waals surface area (Å²) in [5, 5.41) is 2.11. The van der Waals surface area contributed by atoms with Gasteiger partial charge in [-0.1, -0.05) is 25.0 Å². The van der Waals surface area contributed by atoms with Crippen LogP contribution in [0.3, 0.4) is 0 Å². The highest BCUT2D eigenvalue weighted by atomic mass is 32.2. The number of para-hydroxylation sites is 1. The van der Waals surface area contributed by atoms with Gasteiger partial charge in [-0.3, -0.25) is 4.79 Å². The number of alkyl halides is 3. The molecule has 2 N–H and O–H groups in total. The largest absolute Gasteiger partial charge is 0.418 e. The predicted molar refractivity (Wildman–Crippen MR) is 98.4 cm³/mol. The van der Waals surface area contributed by atoms with Crippen LogP contribution in [0.1, 0.15) is 41.6 Å². The second kappa shape index (κ2) is 8.11. The molecule has 0 aliphatic heterocycles. The molecule has 0 unspecified atom stereocenters. The van der Waals surface area contributed by atoms with Crippen LogP contribution in [0.5, 0.6) is 0 Å². The molecule has 0 atom stereocenters. The molecule has 5 nitrogen and oxygen atoms in total. The zero-order valence-corrected chi connectivity index (χ0v) is 15.9. The Bertz CT molecular complexity index is 1020. The summed E-state index contributed by atoms with van der Waals surface area (Å²) in [6.45, 7) is 0. The summed E-state index contributed by atoms with van der Waals surface area (Å²) in [5.41, 5.74) is -1.82. The van der Waals surface area contributed by atoms with Crippen LogP contribution in [0, 0.1) is 5.82 Å². The van der Waals surface area contributed by atoms with Gasteiger partial charge in [-0.2, -0.15) is 13.2 Å². The number of sulfonamides is 1. The Labute approximate surface area is 165 Å². The van der Waals surface area contributed by atoms with E-state index in [1.165, 1.54) is 12.1 Å². The fraction of sp³-hybridized carbons (Fsp3) is 0.316. The lowest BCUT2D eigenvalue weighted by atomic mass is 10.1. The Morgan fingerprint density at radius 3 is 2.34 bits per heavy atom. The van der Waals surface area contributed by atoms with E-state index in [1.807, 2.05) is 0 Å². The second-order valence-corrected chi connectivity index (χ2v) is 8.43. The molecule has 1 fully saturated rings. The topological polar surface area (TPSA) is 75.3 Å². The van der Waals surface area contributed by atoms with E-state index >= 15 is 0 Å². The van der Waals surface area contributed by atoms with Gasteiger partial charge in [0.05, 0.1) is 11.3 Å². The van der Waals surface area contributed by atoms with Gasteiger partial charge in [-0.25, -0.2) is 17.5 Å². The normalized spacial score (nSPS) is 15.4. The van der Waals surface area contributed by atoms with Crippen LogP contribution in [0.15, 0.2) is 47.4 Å². The van der Waals surface area contributed by atoms with Gasteiger partial charge in [-0.15, -0.1) is 0 Å². The number of hydrogen-bond donors (Lipinski definition) is 2. The van der Waals surface area contributed by atoms with Crippen LogP contribution >= 0.6 is 0 Å². The van der Waals surface area contributed by atoms with Crippen molar-refractivity contribution in [2.24, 2.45) is 0 Å². The Hall–Kier alpha value is -2.46. The van der Waals surface area contributed by atoms with Gasteiger partial charge in [0.2, 0.25) is 10.0 Å². The van der Waals surface area contributed by atoms with Crippen molar-refractivity contribution in [3.05, 3.63) is 59.4 Å². The SMILES string of the molecule is O=C(Nc1ccccc1C(F)(F)F)c1ccc(F)c(S(=O)(=O)NC2CCCC2)c1. The molecular weight excluding hydrogens is 412 g/mol. The van der Waals surface area contributed by atoms with Crippen molar-refractivity contribution < 1.29 is 30.8 Å². The highest BCUT2D eigenvalue weighted by Crippen LogP contribution is 2.34. The smallest absolute Gasteiger partial charge is 0.321 e. The standard InChI is InChI=1S/C19H18F4N2O3S/c20-15-10-9-12(11-17(15)29(27,28)25-13-5-1-2-6-13)18(26)24-16-8-4-3-7-14(16)19(21,22)23/h3-4,7-11,13,25H,1-2,5-6H2,(H,24,26). The van der Waals surface area contributed by atoms with E-state index in [9.17, 15) is 30.8 Å². The predicted octanol–water partition coefficient (Wildman–Crippen LogP) is 4.32. The molecule has 1 aliphatic carbocycles. The molecule has 0 spiro atoms. The molecule has 2 aromatic carbocycles. The Balaban J connectivity index is 1.87. The maximum Gasteiger partial charge on any atom is 0.418 e. The molecule has 1 amide bonds. The zero-order valence-electron chi connectivity index (χ0n) is 15.1. The van der Waals surface area contributed by atoms with Crippen LogP contribution in [0.2, 0.25) is 0 Å². The quantitative estimate of drug-likeness (QED) is 0.694. The first-order valence-corrected chi connectivity index (χ1v) is 10.4. The first-order valence-electron chi connectivity index (χ1n) is 8.87. The third-order valence-corrected chi connectivity index (χ3v) is 6.18. The van der Waals surface area contributed by atoms with Crippen LogP contribution in [-0.4, -0.2) is 20.4 Å². The summed E-state index contributed by atoms with van der Waals surface area (Å²) in [6.07, 6.45) is -1.70. The van der Waals surface area contributed by atoms with Crippen molar-refractivity contribution in [1.82, 2.24) is 4.72 Å². The molecule has 10 heteroatoms. The lowest BCUT2D eigenvalue weighted by Crippen LogP contribution is -2.33. The molecule has 0 bridgehead atoms. The number of amides is 1. The van der Waals surface area contributed by atoms with Crippen molar-refractivity contribution in [1.29, 1.82) is 0 Å². The molecule has 0 heterocycles. The van der Waals surface area contributed by atoms with Gasteiger partial charge in [0.25, 0.3) is 5.91 Å². The van der Waals surface area contributed by atoms with E-state index < -0.39 is 44.1 Å². The fourth-order valence-electron chi connectivity index (χ4n) is 3.21. The van der Waals surface area contributed by atoms with Gasteiger partial charge in [-0.05, 0) is 43.2 Å². The number of carbonyl (C=O) groups is 1. The first-order chi connectivity index (χ1) is 13.6. The summed E-state index contributed by atoms with van der Waals surface area (Å²) in [6, 6.07) is 6.69. The molecule has 156 valence electrons. The van der Waals surface area contributed by atoms with Crippen LogP contribution in [0.25, 0.3) is 0 Å². The van der Waals surface area contributed by atoms with E-state index in [2.05, 4.69) is 10.0 Å². The maximum absolute atomic E-state index is 14.2. The molecule has 1 aliphatic rings. The number of benzene rings is 2. The Morgan fingerprint density at radius 1 is 1.03 bits per heavy atom. The number of hydrogen-bond acceptors (Lipinski definition) is 3. The van der Waals surface area contributed by atoms with Gasteiger partial charge in [0, 0.05) is 11.6 Å². The van der Waals surface area contributed by atoms with Crippen molar-refractivity contribution in [3.8, 4) is 0 Å². The minimum absolute atomic E-state index is 0.282. The molecule has 29 heavy (non-hydrogen) atoms. The second-order valence-electron chi connectivity index (χ2n) is 6.75. The lowest BCUT2D eigenvalue weighted by Gasteiger charge is -2.15. The number of rotatable bonds is 5. The van der Waals surface area contributed by atoms with Crippen molar-refractivity contribution in [3.63, 3.8) is 0 Å². The minimum Gasteiger partial charge on any atom is -0.321 e. The van der Waals surface area contributed by atoms with Gasteiger partial charge < -0.3 is 5.32 Å². The monoisotopic (exact) mass is 430 g/mol. The summed E-state index contributed by atoms with van der Waals surface area (Å²) >= 11 is 0. The molecule has 3 rings (SSSR count). The average Bonchev–Trinajstić information content (AvgIpc) is 3.13. The average molecular weight is 430 g/mol. The minimum atomic E-state index is -4.69. The van der Waals surface area contributed by atoms with Gasteiger partial charge >= 0.3 is 6.18 Å². The molecule has 0 saturated heterocycles. The van der Waals surface area contributed by atoms with Crippen molar-refractivity contribution in [2.45, 2.75) is 42.8 Å². The highest BCUT2D eigenvalue weighted by Gasteiger charge is 2.34. The van der Waals surface area contributed by atoms with Crippen molar-refractivity contribution >= 4 is 21.6 Å². The number of halogens is 4. The van der Waals surface area contributed by atoms with Crippen molar-refractivity contribution in [2.75, 3.05) is 5.32 Å². The summed E-state index contributed by atoms with van der Waals surface area (Å²) in [4.78, 5) is 11.7. The molecule has 1 saturated carbocycles. The molecule has 2 aromatic rings. The Kier molecular flexibility index (Phi) is 5.95. The molecular formula is C19H18F4N2O3S. The molecule has 0 radical (unpaired) electrons. The van der Waals surface area contributed by atoms with E-state index in [1.54, 1.807) is 0 Å². The van der Waals surface area contributed by atoms with Gasteiger partial charge in [0.15, 0.2) is 0 Å². The molecule has 0 aromatic heterocycles. The summed E-state index contributed by atoms with van der Waals surface area (Å²) in [7, 11) is -4.22. The van der Waals surface area contributed by atoms with Crippen LogP contribution in [-0.2, 0) is 16.2 Å². The highest BCUT2D eigenvalue weighted by molar-refractivity contribution is 7.89. The Morgan fingerprint density at radius 2 is 1.69 bits per heavy atom. The number of carbonyl (C=O) groups excluding carboxylic acids is 1. The van der Waals surface area contributed by atoms with E-state index in [4.69, 9.17) is 0 Å². The van der Waals surface area contributed by atoms with Crippen LogP contribution < -0.4 is 10.0 Å². The number of nitrogens with one attached hydrogen (secondary N) is 2. The maximum atomic E-state index is 14.2. The zero-order chi connectivity index (χ0) is 21.2. The van der Waals surface area contributed by atoms with E-state index in [0.29, 0.717) is 12.8 Å². The summed E-state index contributed by atoms with van der Waals surface area (Å²) < 4.78 is 80.8.